The summed E-state index contributed by atoms with van der Waals surface area (Å²) < 4.78 is 0. The summed E-state index contributed by atoms with van der Waals surface area (Å²) in [5.41, 5.74) is 6.29. The summed E-state index contributed by atoms with van der Waals surface area (Å²) in [4.78, 5) is 0. The zero-order chi connectivity index (χ0) is 26.4. The molecule has 0 aliphatic rings. The summed E-state index contributed by atoms with van der Waals surface area (Å²) in [7, 11) is 0. The van der Waals surface area contributed by atoms with Gasteiger partial charge in [-0.1, -0.05) is 182 Å². The number of hydrogen-bond acceptors (Lipinski definition) is 0. The summed E-state index contributed by atoms with van der Waals surface area (Å²) in [6.45, 7) is 0. The van der Waals surface area contributed by atoms with Crippen molar-refractivity contribution in [1.82, 2.24) is 0 Å². The molecule has 0 heterocycles. The molecule has 0 amide bonds. The van der Waals surface area contributed by atoms with Crippen molar-refractivity contribution in [2.75, 3.05) is 0 Å². The first kappa shape index (κ1) is 24.6. The van der Waals surface area contributed by atoms with Gasteiger partial charge in [-0.25, -0.2) is 0 Å². The Kier molecular flexibility index (Phi) is 6.91. The maximum Gasteiger partial charge on any atom is 0.174 e. The van der Waals surface area contributed by atoms with Gasteiger partial charge in [-0.2, -0.15) is 0 Å². The van der Waals surface area contributed by atoms with Crippen molar-refractivity contribution in [1.29, 1.82) is 0 Å². The lowest BCUT2D eigenvalue weighted by molar-refractivity contribution is -0.772. The minimum Gasteiger partial charge on any atom is -0.314 e. The Morgan fingerprint density at radius 1 is 0.231 bits per heavy atom. The fourth-order valence-corrected chi connectivity index (χ4v) is 6.03. The Morgan fingerprint density at radius 2 is 0.385 bits per heavy atom. The van der Waals surface area contributed by atoms with E-state index in [2.05, 4.69) is 187 Å². The van der Waals surface area contributed by atoms with Crippen LogP contribution in [0.25, 0.3) is 0 Å². The first-order chi connectivity index (χ1) is 19.3. The summed E-state index contributed by atoms with van der Waals surface area (Å²) in [5.74, 6) is 0. The van der Waals surface area contributed by atoms with E-state index in [-0.39, 0.29) is 0 Å². The Morgan fingerprint density at radius 3 is 0.538 bits per heavy atom. The predicted molar refractivity (Wildman–Crippen MR) is 160 cm³/mol. The van der Waals surface area contributed by atoms with E-state index in [9.17, 15) is 0 Å². The monoisotopic (exact) mass is 502 g/mol. The highest BCUT2D eigenvalue weighted by atomic mass is 15.1. The van der Waals surface area contributed by atoms with Crippen molar-refractivity contribution < 1.29 is 5.32 Å². The van der Waals surface area contributed by atoms with Crippen LogP contribution in [0.5, 0.6) is 0 Å². The van der Waals surface area contributed by atoms with Gasteiger partial charge in [0.2, 0.25) is 0 Å². The van der Waals surface area contributed by atoms with Crippen LogP contribution in [-0.2, 0) is 11.1 Å². The summed E-state index contributed by atoms with van der Waals surface area (Å²) in [6, 6.07) is 65.6. The molecular formula is C38H32N+. The van der Waals surface area contributed by atoms with Gasteiger partial charge in [0.05, 0.1) is 0 Å². The predicted octanol–water partition coefficient (Wildman–Crippen LogP) is 7.53. The van der Waals surface area contributed by atoms with Crippen LogP contribution in [0.15, 0.2) is 182 Å². The Labute approximate surface area is 231 Å². The molecule has 0 bridgehead atoms. The molecule has 0 aromatic heterocycles. The van der Waals surface area contributed by atoms with Crippen LogP contribution >= 0.6 is 0 Å². The van der Waals surface area contributed by atoms with E-state index in [0.717, 1.165) is 0 Å². The molecule has 6 aromatic carbocycles. The molecule has 188 valence electrons. The zero-order valence-electron chi connectivity index (χ0n) is 21.9. The van der Waals surface area contributed by atoms with Gasteiger partial charge in [0.15, 0.2) is 11.1 Å². The van der Waals surface area contributed by atoms with Crippen molar-refractivity contribution >= 4 is 0 Å². The molecule has 6 rings (SSSR count). The standard InChI is InChI=1S/C38H31N/c1-7-19-31(20-8-1)37(32-21-9-2-10-22-32,33-23-11-3-12-24-33)39-38(34-25-13-4-14-26-34,35-27-15-5-16-28-35)36-29-17-6-18-30-36/h1-30,39H/p+1. The third kappa shape index (κ3) is 4.48. The van der Waals surface area contributed by atoms with Crippen LogP contribution in [-0.4, -0.2) is 0 Å². The van der Waals surface area contributed by atoms with E-state index < -0.39 is 11.1 Å². The van der Waals surface area contributed by atoms with Crippen LogP contribution in [0, 0.1) is 0 Å². The molecule has 39 heavy (non-hydrogen) atoms. The Bertz CT molecular complexity index is 1260. The maximum absolute atomic E-state index is 2.60. The van der Waals surface area contributed by atoms with Crippen molar-refractivity contribution in [3.8, 4) is 0 Å². The molecule has 0 saturated carbocycles. The number of hydrogen-bond donors (Lipinski definition) is 1. The third-order valence-corrected chi connectivity index (χ3v) is 7.81. The average molecular weight is 503 g/mol. The molecule has 0 aliphatic carbocycles. The quantitative estimate of drug-likeness (QED) is 0.207. The van der Waals surface area contributed by atoms with E-state index >= 15 is 0 Å². The van der Waals surface area contributed by atoms with E-state index in [1.165, 1.54) is 33.4 Å². The van der Waals surface area contributed by atoms with Gasteiger partial charge in [-0.3, -0.25) is 0 Å². The average Bonchev–Trinajstić information content (AvgIpc) is 3.04. The summed E-state index contributed by atoms with van der Waals surface area (Å²) in [5, 5.41) is 2.60. The lowest BCUT2D eigenvalue weighted by Crippen LogP contribution is -3.04. The maximum atomic E-state index is 2.60. The molecule has 6 aromatic rings. The normalized spacial score (nSPS) is 11.7. The second kappa shape index (κ2) is 10.9. The molecule has 0 saturated heterocycles. The van der Waals surface area contributed by atoms with Crippen LogP contribution in [0.1, 0.15) is 33.4 Å². The van der Waals surface area contributed by atoms with Gasteiger partial charge in [0.1, 0.15) is 0 Å². The van der Waals surface area contributed by atoms with Crippen molar-refractivity contribution in [2.45, 2.75) is 11.1 Å². The van der Waals surface area contributed by atoms with Gasteiger partial charge in [-0.05, 0) is 0 Å². The van der Waals surface area contributed by atoms with Crippen LogP contribution in [0.3, 0.4) is 0 Å². The SMILES string of the molecule is c1ccc(C([NH2+]C(c2ccccc2)(c2ccccc2)c2ccccc2)(c2ccccc2)c2ccccc2)cc1. The van der Waals surface area contributed by atoms with Crippen molar-refractivity contribution in [2.24, 2.45) is 0 Å². The number of nitrogens with two attached hydrogens (primary N) is 1. The lowest BCUT2D eigenvalue weighted by Gasteiger charge is -2.44. The van der Waals surface area contributed by atoms with E-state index in [0.29, 0.717) is 0 Å². The summed E-state index contributed by atoms with van der Waals surface area (Å²) >= 11 is 0. The molecule has 1 nitrogen and oxygen atoms in total. The van der Waals surface area contributed by atoms with Gasteiger partial charge >= 0.3 is 0 Å². The molecular weight excluding hydrogens is 470 g/mol. The zero-order valence-corrected chi connectivity index (χ0v) is 21.9. The Balaban J connectivity index is 1.76. The van der Waals surface area contributed by atoms with Crippen LogP contribution < -0.4 is 5.32 Å². The Hall–Kier alpha value is -4.72. The minimum absolute atomic E-state index is 0.550. The highest BCUT2D eigenvalue weighted by Gasteiger charge is 2.51. The molecule has 0 spiro atoms. The molecule has 1 heteroatoms. The minimum atomic E-state index is -0.550. The van der Waals surface area contributed by atoms with Gasteiger partial charge in [0.25, 0.3) is 0 Å². The highest BCUT2D eigenvalue weighted by Crippen LogP contribution is 2.39. The topological polar surface area (TPSA) is 16.6 Å². The molecule has 2 N–H and O–H groups in total. The molecule has 0 radical (unpaired) electrons. The van der Waals surface area contributed by atoms with Crippen molar-refractivity contribution in [3.05, 3.63) is 215 Å². The second-order valence-corrected chi connectivity index (χ2v) is 9.96. The fraction of sp³-hybridized carbons (Fsp3) is 0.0526. The molecule has 0 unspecified atom stereocenters. The highest BCUT2D eigenvalue weighted by molar-refractivity contribution is 5.51. The summed E-state index contributed by atoms with van der Waals surface area (Å²) in [6.07, 6.45) is 0. The molecule has 0 atom stereocenters. The molecule has 0 fully saturated rings. The van der Waals surface area contributed by atoms with E-state index in [1.54, 1.807) is 0 Å². The lowest BCUT2D eigenvalue weighted by atomic mass is 9.70. The van der Waals surface area contributed by atoms with E-state index in [4.69, 9.17) is 0 Å². The number of quaternary nitrogens is 1. The first-order valence-electron chi connectivity index (χ1n) is 13.5. The second-order valence-electron chi connectivity index (χ2n) is 9.96. The number of benzene rings is 6. The van der Waals surface area contributed by atoms with Gasteiger partial charge in [0, 0.05) is 33.4 Å². The van der Waals surface area contributed by atoms with Gasteiger partial charge < -0.3 is 5.32 Å². The van der Waals surface area contributed by atoms with Gasteiger partial charge in [-0.15, -0.1) is 0 Å². The third-order valence-electron chi connectivity index (χ3n) is 7.81. The van der Waals surface area contributed by atoms with Crippen molar-refractivity contribution in [3.63, 3.8) is 0 Å². The largest absolute Gasteiger partial charge is 0.314 e. The smallest absolute Gasteiger partial charge is 0.174 e. The molecule has 0 aliphatic heterocycles. The number of rotatable bonds is 8. The van der Waals surface area contributed by atoms with E-state index in [1.807, 2.05) is 0 Å². The fourth-order valence-electron chi connectivity index (χ4n) is 6.03. The van der Waals surface area contributed by atoms with Crippen LogP contribution in [0.4, 0.5) is 0 Å². The van der Waals surface area contributed by atoms with Crippen LogP contribution in [0.2, 0.25) is 0 Å². The first-order valence-corrected chi connectivity index (χ1v) is 13.5.